The van der Waals surface area contributed by atoms with Gasteiger partial charge < -0.3 is 10.6 Å². The average molecular weight is 259 g/mol. The molecule has 0 amide bonds. The number of rotatable bonds is 5. The zero-order valence-electron chi connectivity index (χ0n) is 12.5. The van der Waals surface area contributed by atoms with Crippen molar-refractivity contribution in [3.8, 4) is 0 Å². The van der Waals surface area contributed by atoms with Crippen molar-refractivity contribution in [2.75, 3.05) is 11.9 Å². The van der Waals surface area contributed by atoms with Crippen LogP contribution in [0, 0.1) is 0 Å². The number of nitrogens with zero attached hydrogens (tertiary/aromatic N) is 1. The van der Waals surface area contributed by atoms with Gasteiger partial charge in [-0.1, -0.05) is 12.1 Å². The molecule has 0 radical (unpaired) electrons. The van der Waals surface area contributed by atoms with E-state index < -0.39 is 0 Å². The Labute approximate surface area is 116 Å². The lowest BCUT2D eigenvalue weighted by atomic mass is 10.1. The Hall–Kier alpha value is -1.35. The summed E-state index contributed by atoms with van der Waals surface area (Å²) >= 11 is 0. The van der Waals surface area contributed by atoms with E-state index in [2.05, 4.69) is 56.5 Å². The quantitative estimate of drug-likeness (QED) is 0.850. The second-order valence-electron chi connectivity index (χ2n) is 6.24. The van der Waals surface area contributed by atoms with Crippen LogP contribution in [0.25, 0.3) is 5.57 Å². The summed E-state index contributed by atoms with van der Waals surface area (Å²) < 4.78 is 0. The SMILES string of the molecule is C/C=C(/CNC(C)(C)C)c1cccc(NC2CC2)n1. The lowest BCUT2D eigenvalue weighted by molar-refractivity contribution is 0.452. The lowest BCUT2D eigenvalue weighted by Crippen LogP contribution is -2.36. The molecule has 0 unspecified atom stereocenters. The van der Waals surface area contributed by atoms with Crippen molar-refractivity contribution >= 4 is 11.4 Å². The van der Waals surface area contributed by atoms with Gasteiger partial charge in [-0.05, 0) is 58.2 Å². The number of allylic oxidation sites excluding steroid dienone is 1. The first kappa shape index (κ1) is 14.1. The first-order valence-corrected chi connectivity index (χ1v) is 7.12. The highest BCUT2D eigenvalue weighted by Gasteiger charge is 2.21. The van der Waals surface area contributed by atoms with E-state index in [1.807, 2.05) is 6.07 Å². The third kappa shape index (κ3) is 4.67. The molecule has 0 atom stereocenters. The van der Waals surface area contributed by atoms with Crippen molar-refractivity contribution < 1.29 is 0 Å². The van der Waals surface area contributed by atoms with E-state index in [4.69, 9.17) is 4.98 Å². The highest BCUT2D eigenvalue weighted by molar-refractivity contribution is 5.65. The van der Waals surface area contributed by atoms with Crippen molar-refractivity contribution in [3.63, 3.8) is 0 Å². The van der Waals surface area contributed by atoms with Crippen LogP contribution in [-0.2, 0) is 0 Å². The normalized spacial score (nSPS) is 16.5. The fourth-order valence-corrected chi connectivity index (χ4v) is 1.83. The number of hydrogen-bond donors (Lipinski definition) is 2. The van der Waals surface area contributed by atoms with Crippen LogP contribution in [0.15, 0.2) is 24.3 Å². The largest absolute Gasteiger partial charge is 0.367 e. The minimum atomic E-state index is 0.123. The summed E-state index contributed by atoms with van der Waals surface area (Å²) in [4.78, 5) is 4.71. The monoisotopic (exact) mass is 259 g/mol. The van der Waals surface area contributed by atoms with E-state index in [0.29, 0.717) is 6.04 Å². The summed E-state index contributed by atoms with van der Waals surface area (Å²) in [6, 6.07) is 6.85. The molecule has 2 rings (SSSR count). The molecule has 104 valence electrons. The van der Waals surface area contributed by atoms with Crippen LogP contribution in [0.2, 0.25) is 0 Å². The molecular formula is C16H25N3. The molecule has 0 spiro atoms. The van der Waals surface area contributed by atoms with E-state index in [1.54, 1.807) is 0 Å². The molecule has 1 aromatic rings. The molecule has 3 nitrogen and oxygen atoms in total. The maximum Gasteiger partial charge on any atom is 0.126 e. The predicted molar refractivity (Wildman–Crippen MR) is 82.3 cm³/mol. The van der Waals surface area contributed by atoms with E-state index >= 15 is 0 Å². The first-order valence-electron chi connectivity index (χ1n) is 7.12. The van der Waals surface area contributed by atoms with Crippen molar-refractivity contribution in [2.24, 2.45) is 0 Å². The minimum absolute atomic E-state index is 0.123. The Balaban J connectivity index is 2.05. The van der Waals surface area contributed by atoms with Crippen molar-refractivity contribution in [3.05, 3.63) is 30.0 Å². The summed E-state index contributed by atoms with van der Waals surface area (Å²) in [7, 11) is 0. The fraction of sp³-hybridized carbons (Fsp3) is 0.562. The van der Waals surface area contributed by atoms with Crippen LogP contribution in [-0.4, -0.2) is 23.1 Å². The summed E-state index contributed by atoms with van der Waals surface area (Å²) in [5.74, 6) is 0.995. The molecule has 1 saturated carbocycles. The second kappa shape index (κ2) is 5.74. The van der Waals surface area contributed by atoms with Gasteiger partial charge in [-0.2, -0.15) is 0 Å². The number of anilines is 1. The van der Waals surface area contributed by atoms with Crippen molar-refractivity contribution in [1.29, 1.82) is 0 Å². The van der Waals surface area contributed by atoms with Crippen LogP contribution in [0.5, 0.6) is 0 Å². The van der Waals surface area contributed by atoms with E-state index in [9.17, 15) is 0 Å². The van der Waals surface area contributed by atoms with E-state index in [-0.39, 0.29) is 5.54 Å². The van der Waals surface area contributed by atoms with Crippen LogP contribution in [0.1, 0.15) is 46.2 Å². The van der Waals surface area contributed by atoms with Gasteiger partial charge in [0.25, 0.3) is 0 Å². The van der Waals surface area contributed by atoms with Gasteiger partial charge in [-0.25, -0.2) is 4.98 Å². The van der Waals surface area contributed by atoms with Gasteiger partial charge >= 0.3 is 0 Å². The van der Waals surface area contributed by atoms with Crippen molar-refractivity contribution in [1.82, 2.24) is 10.3 Å². The van der Waals surface area contributed by atoms with Gasteiger partial charge in [0.2, 0.25) is 0 Å². The topological polar surface area (TPSA) is 37.0 Å². The molecule has 0 bridgehead atoms. The molecule has 2 N–H and O–H groups in total. The zero-order chi connectivity index (χ0) is 13.9. The Morgan fingerprint density at radius 3 is 2.68 bits per heavy atom. The third-order valence-electron chi connectivity index (χ3n) is 3.17. The van der Waals surface area contributed by atoms with Gasteiger partial charge in [0.05, 0.1) is 5.69 Å². The van der Waals surface area contributed by atoms with Gasteiger partial charge in [0.1, 0.15) is 5.82 Å². The lowest BCUT2D eigenvalue weighted by Gasteiger charge is -2.21. The summed E-state index contributed by atoms with van der Waals surface area (Å²) in [5.41, 5.74) is 2.43. The standard InChI is InChI=1S/C16H25N3/c1-5-12(11-17-16(2,3)4)14-7-6-8-15(19-14)18-13-9-10-13/h5-8,13,17H,9-11H2,1-4H3,(H,18,19)/b12-5-. The molecule has 1 aliphatic carbocycles. The second-order valence-corrected chi connectivity index (χ2v) is 6.24. The third-order valence-corrected chi connectivity index (χ3v) is 3.17. The van der Waals surface area contributed by atoms with E-state index in [1.165, 1.54) is 18.4 Å². The molecule has 1 aliphatic rings. The average Bonchev–Trinajstić information content (AvgIpc) is 3.13. The molecule has 1 heterocycles. The number of pyridine rings is 1. The van der Waals surface area contributed by atoms with Gasteiger partial charge in [-0.15, -0.1) is 0 Å². The maximum atomic E-state index is 4.71. The summed E-state index contributed by atoms with van der Waals surface area (Å²) in [5, 5.41) is 6.96. The van der Waals surface area contributed by atoms with Gasteiger partial charge in [-0.3, -0.25) is 0 Å². The fourth-order valence-electron chi connectivity index (χ4n) is 1.83. The molecule has 3 heteroatoms. The highest BCUT2D eigenvalue weighted by atomic mass is 15.0. The Kier molecular flexibility index (Phi) is 4.25. The Morgan fingerprint density at radius 1 is 1.37 bits per heavy atom. The summed E-state index contributed by atoms with van der Waals surface area (Å²) in [6.45, 7) is 9.46. The summed E-state index contributed by atoms with van der Waals surface area (Å²) in [6.07, 6.45) is 4.68. The van der Waals surface area contributed by atoms with Crippen LogP contribution in [0.3, 0.4) is 0 Å². The molecule has 0 aliphatic heterocycles. The predicted octanol–water partition coefficient (Wildman–Crippen LogP) is 3.45. The Morgan fingerprint density at radius 2 is 2.11 bits per heavy atom. The molecule has 1 aromatic heterocycles. The number of aromatic nitrogens is 1. The van der Waals surface area contributed by atoms with Crippen LogP contribution in [0.4, 0.5) is 5.82 Å². The molecule has 0 aromatic carbocycles. The molecular weight excluding hydrogens is 234 g/mol. The van der Waals surface area contributed by atoms with Gasteiger partial charge in [0.15, 0.2) is 0 Å². The Bertz CT molecular complexity index is 453. The van der Waals surface area contributed by atoms with Crippen molar-refractivity contribution in [2.45, 2.75) is 52.1 Å². The molecule has 19 heavy (non-hydrogen) atoms. The first-order chi connectivity index (χ1) is 8.98. The maximum absolute atomic E-state index is 4.71. The highest BCUT2D eigenvalue weighted by Crippen LogP contribution is 2.24. The number of hydrogen-bond acceptors (Lipinski definition) is 3. The molecule has 0 saturated heterocycles. The van der Waals surface area contributed by atoms with Crippen LogP contribution < -0.4 is 10.6 Å². The molecule has 1 fully saturated rings. The van der Waals surface area contributed by atoms with E-state index in [0.717, 1.165) is 18.1 Å². The van der Waals surface area contributed by atoms with Gasteiger partial charge in [0, 0.05) is 18.1 Å². The number of nitrogens with one attached hydrogen (secondary N) is 2. The zero-order valence-corrected chi connectivity index (χ0v) is 12.5. The van der Waals surface area contributed by atoms with Crippen LogP contribution >= 0.6 is 0 Å². The minimum Gasteiger partial charge on any atom is -0.367 e. The smallest absolute Gasteiger partial charge is 0.126 e.